The fourth-order valence-electron chi connectivity index (χ4n) is 1.42. The summed E-state index contributed by atoms with van der Waals surface area (Å²) in [5, 5.41) is 6.46. The van der Waals surface area contributed by atoms with Crippen LogP contribution in [-0.2, 0) is 16.1 Å². The van der Waals surface area contributed by atoms with Gasteiger partial charge in [-0.25, -0.2) is 8.78 Å². The number of hydrogen-bond acceptors (Lipinski definition) is 3. The largest absolute Gasteiger partial charge is 0.343 e. The number of nitrogens with one attached hydrogen (secondary N) is 2. The molecule has 1 aromatic heterocycles. The maximum Gasteiger partial charge on any atom is 0.313 e. The molecular weight excluding hydrogens is 286 g/mol. The molecule has 0 radical (unpaired) electrons. The lowest BCUT2D eigenvalue weighted by molar-refractivity contribution is -0.136. The second-order valence-corrected chi connectivity index (χ2v) is 4.88. The Labute approximate surface area is 117 Å². The number of hydrogen-bond donors (Lipinski definition) is 2. The average Bonchev–Trinajstić information content (AvgIpc) is 2.93. The third-order valence-electron chi connectivity index (χ3n) is 2.39. The molecule has 104 valence electrons. The van der Waals surface area contributed by atoms with Gasteiger partial charge in [0.25, 0.3) is 0 Å². The predicted octanol–water partition coefficient (Wildman–Crippen LogP) is 2.28. The van der Waals surface area contributed by atoms with E-state index in [1.165, 1.54) is 17.4 Å². The first-order chi connectivity index (χ1) is 9.56. The van der Waals surface area contributed by atoms with Crippen LogP contribution in [0.15, 0.2) is 35.7 Å². The molecule has 2 N–H and O–H groups in total. The van der Waals surface area contributed by atoms with Crippen LogP contribution < -0.4 is 10.6 Å². The number of rotatable bonds is 3. The highest BCUT2D eigenvalue weighted by molar-refractivity contribution is 7.09. The van der Waals surface area contributed by atoms with Gasteiger partial charge in [-0.3, -0.25) is 9.59 Å². The average molecular weight is 296 g/mol. The first-order valence-corrected chi connectivity index (χ1v) is 6.51. The van der Waals surface area contributed by atoms with Crippen LogP contribution in [0.5, 0.6) is 0 Å². The quantitative estimate of drug-likeness (QED) is 0.854. The lowest BCUT2D eigenvalue weighted by Crippen LogP contribution is -2.34. The number of amides is 2. The Morgan fingerprint density at radius 2 is 1.90 bits per heavy atom. The summed E-state index contributed by atoms with van der Waals surface area (Å²) < 4.78 is 25.6. The van der Waals surface area contributed by atoms with E-state index in [0.29, 0.717) is 0 Å². The topological polar surface area (TPSA) is 58.2 Å². The Morgan fingerprint density at radius 1 is 1.10 bits per heavy atom. The van der Waals surface area contributed by atoms with Crippen molar-refractivity contribution in [3.05, 3.63) is 52.2 Å². The summed E-state index contributed by atoms with van der Waals surface area (Å²) in [5.41, 5.74) is 0.0140. The smallest absolute Gasteiger partial charge is 0.313 e. The molecule has 2 amide bonds. The van der Waals surface area contributed by atoms with Crippen LogP contribution in [0.2, 0.25) is 0 Å². The second-order valence-electron chi connectivity index (χ2n) is 3.85. The standard InChI is InChI=1S/C13H10F2N2O2S/c14-10-4-3-8(6-11(10)15)17-13(19)12(18)16-7-9-2-1-5-20-9/h1-6H,7H2,(H,16,18)(H,17,19). The zero-order chi connectivity index (χ0) is 14.5. The van der Waals surface area contributed by atoms with Gasteiger partial charge in [-0.1, -0.05) is 6.07 Å². The van der Waals surface area contributed by atoms with Gasteiger partial charge in [-0.2, -0.15) is 0 Å². The maximum absolute atomic E-state index is 12.9. The Morgan fingerprint density at radius 3 is 2.55 bits per heavy atom. The summed E-state index contributed by atoms with van der Waals surface area (Å²) in [6, 6.07) is 6.49. The van der Waals surface area contributed by atoms with Crippen LogP contribution in [0.1, 0.15) is 4.88 Å². The zero-order valence-corrected chi connectivity index (χ0v) is 11.0. The number of anilines is 1. The lowest BCUT2D eigenvalue weighted by Gasteiger charge is -2.06. The highest BCUT2D eigenvalue weighted by Gasteiger charge is 2.14. The van der Waals surface area contributed by atoms with Crippen molar-refractivity contribution in [3.8, 4) is 0 Å². The summed E-state index contributed by atoms with van der Waals surface area (Å²) in [6.45, 7) is 0.238. The molecule has 0 saturated carbocycles. The van der Waals surface area contributed by atoms with E-state index >= 15 is 0 Å². The van der Waals surface area contributed by atoms with Crippen molar-refractivity contribution in [1.82, 2.24) is 5.32 Å². The summed E-state index contributed by atoms with van der Waals surface area (Å²) in [5.74, 6) is -3.90. The summed E-state index contributed by atoms with van der Waals surface area (Å²) in [7, 11) is 0. The SMILES string of the molecule is O=C(NCc1cccs1)C(=O)Nc1ccc(F)c(F)c1. The van der Waals surface area contributed by atoms with Gasteiger partial charge < -0.3 is 10.6 Å². The highest BCUT2D eigenvalue weighted by Crippen LogP contribution is 2.13. The maximum atomic E-state index is 12.9. The van der Waals surface area contributed by atoms with Crippen molar-refractivity contribution in [2.24, 2.45) is 0 Å². The van der Waals surface area contributed by atoms with E-state index in [1.54, 1.807) is 0 Å². The van der Waals surface area contributed by atoms with Crippen LogP contribution in [0.25, 0.3) is 0 Å². The number of thiophene rings is 1. The van der Waals surface area contributed by atoms with Gasteiger partial charge in [0.15, 0.2) is 11.6 Å². The minimum atomic E-state index is -1.10. The second kappa shape index (κ2) is 6.25. The fraction of sp³-hybridized carbons (Fsp3) is 0.0769. The van der Waals surface area contributed by atoms with E-state index in [4.69, 9.17) is 0 Å². The predicted molar refractivity (Wildman–Crippen MR) is 71.2 cm³/mol. The number of halogens is 2. The van der Waals surface area contributed by atoms with Crippen molar-refractivity contribution in [1.29, 1.82) is 0 Å². The molecule has 2 rings (SSSR count). The Bertz CT molecular complexity index is 629. The molecule has 20 heavy (non-hydrogen) atoms. The van der Waals surface area contributed by atoms with Gasteiger partial charge in [0.1, 0.15) is 0 Å². The van der Waals surface area contributed by atoms with Crippen molar-refractivity contribution in [2.75, 3.05) is 5.32 Å². The van der Waals surface area contributed by atoms with Crippen LogP contribution in [0.4, 0.5) is 14.5 Å². The number of benzene rings is 1. The van der Waals surface area contributed by atoms with E-state index in [0.717, 1.165) is 17.0 Å². The zero-order valence-electron chi connectivity index (χ0n) is 10.2. The highest BCUT2D eigenvalue weighted by atomic mass is 32.1. The van der Waals surface area contributed by atoms with Crippen LogP contribution in [0, 0.1) is 11.6 Å². The fourth-order valence-corrected chi connectivity index (χ4v) is 2.07. The van der Waals surface area contributed by atoms with Crippen LogP contribution >= 0.6 is 11.3 Å². The molecule has 0 fully saturated rings. The normalized spacial score (nSPS) is 10.1. The van der Waals surface area contributed by atoms with E-state index < -0.39 is 23.4 Å². The molecule has 0 aliphatic rings. The van der Waals surface area contributed by atoms with Crippen LogP contribution in [-0.4, -0.2) is 11.8 Å². The Kier molecular flexibility index (Phi) is 4.41. The van der Waals surface area contributed by atoms with Crippen LogP contribution in [0.3, 0.4) is 0 Å². The molecule has 4 nitrogen and oxygen atoms in total. The van der Waals surface area contributed by atoms with E-state index in [9.17, 15) is 18.4 Å². The molecular formula is C13H10F2N2O2S. The number of carbonyl (C=O) groups is 2. The molecule has 0 spiro atoms. The monoisotopic (exact) mass is 296 g/mol. The third kappa shape index (κ3) is 3.61. The van der Waals surface area contributed by atoms with E-state index in [1.807, 2.05) is 17.5 Å². The van der Waals surface area contributed by atoms with Crippen molar-refractivity contribution in [2.45, 2.75) is 6.54 Å². The van der Waals surface area contributed by atoms with Crippen molar-refractivity contribution >= 4 is 28.8 Å². The summed E-state index contributed by atoms with van der Waals surface area (Å²) in [6.07, 6.45) is 0. The first kappa shape index (κ1) is 14.1. The minimum absolute atomic E-state index is 0.0140. The van der Waals surface area contributed by atoms with Gasteiger partial charge in [-0.05, 0) is 23.6 Å². The van der Waals surface area contributed by atoms with E-state index in [2.05, 4.69) is 10.6 Å². The van der Waals surface area contributed by atoms with Gasteiger partial charge in [0, 0.05) is 16.6 Å². The molecule has 0 aliphatic carbocycles. The van der Waals surface area contributed by atoms with Gasteiger partial charge in [0.05, 0.1) is 6.54 Å². The molecule has 0 unspecified atom stereocenters. The molecule has 0 aliphatic heterocycles. The molecule has 2 aromatic rings. The number of carbonyl (C=O) groups excluding carboxylic acids is 2. The van der Waals surface area contributed by atoms with Gasteiger partial charge in [-0.15, -0.1) is 11.3 Å². The van der Waals surface area contributed by atoms with Crippen molar-refractivity contribution < 1.29 is 18.4 Å². The summed E-state index contributed by atoms with van der Waals surface area (Å²) in [4.78, 5) is 23.9. The summed E-state index contributed by atoms with van der Waals surface area (Å²) >= 11 is 1.45. The lowest BCUT2D eigenvalue weighted by atomic mass is 10.3. The first-order valence-electron chi connectivity index (χ1n) is 5.63. The van der Waals surface area contributed by atoms with Gasteiger partial charge >= 0.3 is 11.8 Å². The van der Waals surface area contributed by atoms with Gasteiger partial charge in [0.2, 0.25) is 0 Å². The Balaban J connectivity index is 1.90. The molecule has 7 heteroatoms. The molecule has 0 bridgehead atoms. The molecule has 0 saturated heterocycles. The third-order valence-corrected chi connectivity index (χ3v) is 3.26. The molecule has 1 aromatic carbocycles. The van der Waals surface area contributed by atoms with E-state index in [-0.39, 0.29) is 12.2 Å². The minimum Gasteiger partial charge on any atom is -0.343 e. The van der Waals surface area contributed by atoms with Crippen molar-refractivity contribution in [3.63, 3.8) is 0 Å². The molecule has 1 heterocycles. The molecule has 0 atom stereocenters. The Hall–Kier alpha value is -2.28.